The topological polar surface area (TPSA) is 67.4 Å². The van der Waals surface area contributed by atoms with Crippen LogP contribution in [0, 0.1) is 13.8 Å². The second kappa shape index (κ2) is 6.52. The van der Waals surface area contributed by atoms with Crippen molar-refractivity contribution in [1.82, 2.24) is 5.32 Å². The molecular formula is C15H20N2O3. The van der Waals surface area contributed by atoms with Crippen molar-refractivity contribution in [3.8, 4) is 0 Å². The van der Waals surface area contributed by atoms with E-state index in [0.29, 0.717) is 12.2 Å². The number of nitrogens with one attached hydrogen (secondary N) is 2. The van der Waals surface area contributed by atoms with Gasteiger partial charge in [0.15, 0.2) is 0 Å². The lowest BCUT2D eigenvalue weighted by molar-refractivity contribution is -0.136. The van der Waals surface area contributed by atoms with Crippen LogP contribution in [0.1, 0.15) is 24.0 Å². The van der Waals surface area contributed by atoms with Crippen LogP contribution in [0.5, 0.6) is 0 Å². The molecule has 0 unspecified atom stereocenters. The Morgan fingerprint density at radius 2 is 2.10 bits per heavy atom. The first kappa shape index (κ1) is 14.5. The fourth-order valence-corrected chi connectivity index (χ4v) is 2.23. The molecular weight excluding hydrogens is 256 g/mol. The van der Waals surface area contributed by atoms with Crippen molar-refractivity contribution in [2.45, 2.75) is 32.8 Å². The van der Waals surface area contributed by atoms with E-state index in [0.717, 1.165) is 30.6 Å². The van der Waals surface area contributed by atoms with Gasteiger partial charge in [-0.3, -0.25) is 9.59 Å². The quantitative estimate of drug-likeness (QED) is 0.823. The van der Waals surface area contributed by atoms with Gasteiger partial charge in [-0.25, -0.2) is 0 Å². The largest absolute Gasteiger partial charge is 0.376 e. The summed E-state index contributed by atoms with van der Waals surface area (Å²) in [5.41, 5.74) is 2.71. The Morgan fingerprint density at radius 1 is 1.30 bits per heavy atom. The number of carbonyl (C=O) groups excluding carboxylic acids is 2. The summed E-state index contributed by atoms with van der Waals surface area (Å²) in [6.45, 7) is 4.99. The predicted molar refractivity (Wildman–Crippen MR) is 76.5 cm³/mol. The maximum atomic E-state index is 11.8. The molecule has 0 aromatic heterocycles. The second-order valence-corrected chi connectivity index (χ2v) is 5.12. The summed E-state index contributed by atoms with van der Waals surface area (Å²) in [6, 6.07) is 5.66. The number of hydrogen-bond donors (Lipinski definition) is 2. The van der Waals surface area contributed by atoms with Crippen molar-refractivity contribution in [2.24, 2.45) is 0 Å². The van der Waals surface area contributed by atoms with Crippen molar-refractivity contribution in [1.29, 1.82) is 0 Å². The third-order valence-corrected chi connectivity index (χ3v) is 3.35. The molecule has 1 atom stereocenters. The number of hydrogen-bond acceptors (Lipinski definition) is 3. The molecule has 0 aliphatic carbocycles. The summed E-state index contributed by atoms with van der Waals surface area (Å²) in [5.74, 6) is -1.27. The summed E-state index contributed by atoms with van der Waals surface area (Å²) in [5, 5.41) is 5.22. The number of anilines is 1. The fourth-order valence-electron chi connectivity index (χ4n) is 2.23. The van der Waals surface area contributed by atoms with Gasteiger partial charge in [0, 0.05) is 18.8 Å². The molecule has 5 nitrogen and oxygen atoms in total. The average molecular weight is 276 g/mol. The van der Waals surface area contributed by atoms with Crippen LogP contribution < -0.4 is 10.6 Å². The highest BCUT2D eigenvalue weighted by Crippen LogP contribution is 2.15. The van der Waals surface area contributed by atoms with E-state index in [4.69, 9.17) is 4.74 Å². The third-order valence-electron chi connectivity index (χ3n) is 3.35. The van der Waals surface area contributed by atoms with E-state index in [9.17, 15) is 9.59 Å². The maximum Gasteiger partial charge on any atom is 0.313 e. The zero-order chi connectivity index (χ0) is 14.5. The monoisotopic (exact) mass is 276 g/mol. The first-order chi connectivity index (χ1) is 9.56. The molecule has 1 aliphatic heterocycles. The van der Waals surface area contributed by atoms with Crippen molar-refractivity contribution >= 4 is 17.5 Å². The van der Waals surface area contributed by atoms with E-state index in [1.165, 1.54) is 0 Å². The van der Waals surface area contributed by atoms with Gasteiger partial charge < -0.3 is 15.4 Å². The van der Waals surface area contributed by atoms with Gasteiger partial charge in [0.25, 0.3) is 0 Å². The molecule has 1 aromatic carbocycles. The number of carbonyl (C=O) groups is 2. The average Bonchev–Trinajstić information content (AvgIpc) is 2.92. The smallest absolute Gasteiger partial charge is 0.313 e. The highest BCUT2D eigenvalue weighted by molar-refractivity contribution is 6.39. The van der Waals surface area contributed by atoms with Crippen LogP contribution in [0.15, 0.2) is 18.2 Å². The third kappa shape index (κ3) is 3.81. The van der Waals surface area contributed by atoms with Gasteiger partial charge in [0.2, 0.25) is 0 Å². The van der Waals surface area contributed by atoms with Crippen molar-refractivity contribution in [2.75, 3.05) is 18.5 Å². The molecule has 1 saturated heterocycles. The summed E-state index contributed by atoms with van der Waals surface area (Å²) in [6.07, 6.45) is 1.97. The summed E-state index contributed by atoms with van der Waals surface area (Å²) < 4.78 is 5.39. The molecule has 5 heteroatoms. The van der Waals surface area contributed by atoms with Crippen molar-refractivity contribution in [3.63, 3.8) is 0 Å². The summed E-state index contributed by atoms with van der Waals surface area (Å²) in [4.78, 5) is 23.5. The molecule has 0 bridgehead atoms. The van der Waals surface area contributed by atoms with Crippen LogP contribution in [-0.2, 0) is 14.3 Å². The van der Waals surface area contributed by atoms with Crippen LogP contribution in [0.3, 0.4) is 0 Å². The van der Waals surface area contributed by atoms with Crippen LogP contribution in [0.2, 0.25) is 0 Å². The Labute approximate surface area is 118 Å². The maximum absolute atomic E-state index is 11.8. The lowest BCUT2D eigenvalue weighted by Gasteiger charge is -2.12. The molecule has 0 radical (unpaired) electrons. The first-order valence-corrected chi connectivity index (χ1v) is 6.84. The SMILES string of the molecule is Cc1ccc(NC(=O)C(=O)NC[C@@H]2CCCO2)c(C)c1. The molecule has 1 heterocycles. The highest BCUT2D eigenvalue weighted by Gasteiger charge is 2.19. The normalized spacial score (nSPS) is 17.8. The standard InChI is InChI=1S/C15H20N2O3/c1-10-5-6-13(11(2)8-10)17-15(19)14(18)16-9-12-4-3-7-20-12/h5-6,8,12H,3-4,7,9H2,1-2H3,(H,16,18)(H,17,19)/t12-/m0/s1. The molecule has 1 aliphatic rings. The van der Waals surface area contributed by atoms with Crippen molar-refractivity contribution < 1.29 is 14.3 Å². The molecule has 20 heavy (non-hydrogen) atoms. The first-order valence-electron chi connectivity index (χ1n) is 6.84. The van der Waals surface area contributed by atoms with E-state index in [-0.39, 0.29) is 6.10 Å². The van der Waals surface area contributed by atoms with E-state index >= 15 is 0 Å². The predicted octanol–water partition coefficient (Wildman–Crippen LogP) is 1.54. The van der Waals surface area contributed by atoms with E-state index in [1.807, 2.05) is 26.0 Å². The van der Waals surface area contributed by atoms with Gasteiger partial charge in [0.1, 0.15) is 0 Å². The molecule has 0 saturated carbocycles. The number of amides is 2. The van der Waals surface area contributed by atoms with Crippen LogP contribution in [-0.4, -0.2) is 31.1 Å². The Bertz CT molecular complexity index is 508. The van der Waals surface area contributed by atoms with E-state index in [2.05, 4.69) is 10.6 Å². The lowest BCUT2D eigenvalue weighted by Crippen LogP contribution is -2.39. The van der Waals surface area contributed by atoms with Crippen molar-refractivity contribution in [3.05, 3.63) is 29.3 Å². The van der Waals surface area contributed by atoms with Gasteiger partial charge in [-0.15, -0.1) is 0 Å². The molecule has 0 spiro atoms. The number of rotatable bonds is 3. The minimum Gasteiger partial charge on any atom is -0.376 e. The van der Waals surface area contributed by atoms with Gasteiger partial charge in [-0.1, -0.05) is 17.7 Å². The minimum atomic E-state index is -0.644. The second-order valence-electron chi connectivity index (χ2n) is 5.12. The lowest BCUT2D eigenvalue weighted by atomic mass is 10.1. The Hall–Kier alpha value is -1.88. The van der Waals surface area contributed by atoms with Gasteiger partial charge in [-0.05, 0) is 38.3 Å². The van der Waals surface area contributed by atoms with E-state index in [1.54, 1.807) is 6.07 Å². The molecule has 2 amide bonds. The zero-order valence-corrected chi connectivity index (χ0v) is 11.9. The molecule has 1 fully saturated rings. The fraction of sp³-hybridized carbons (Fsp3) is 0.467. The molecule has 1 aromatic rings. The van der Waals surface area contributed by atoms with Gasteiger partial charge in [-0.2, -0.15) is 0 Å². The molecule has 108 valence electrons. The summed E-state index contributed by atoms with van der Waals surface area (Å²) >= 11 is 0. The summed E-state index contributed by atoms with van der Waals surface area (Å²) in [7, 11) is 0. The van der Waals surface area contributed by atoms with Crippen LogP contribution in [0.25, 0.3) is 0 Å². The highest BCUT2D eigenvalue weighted by atomic mass is 16.5. The number of aryl methyl sites for hydroxylation is 2. The van der Waals surface area contributed by atoms with Gasteiger partial charge >= 0.3 is 11.8 Å². The van der Waals surface area contributed by atoms with Crippen LogP contribution in [0.4, 0.5) is 5.69 Å². The number of ether oxygens (including phenoxy) is 1. The molecule has 2 rings (SSSR count). The number of benzene rings is 1. The molecule has 2 N–H and O–H groups in total. The Morgan fingerprint density at radius 3 is 2.75 bits per heavy atom. The van der Waals surface area contributed by atoms with E-state index < -0.39 is 11.8 Å². The Balaban J connectivity index is 1.85. The van der Waals surface area contributed by atoms with Crippen LogP contribution >= 0.6 is 0 Å². The minimum absolute atomic E-state index is 0.0351. The Kier molecular flexibility index (Phi) is 4.74. The zero-order valence-electron chi connectivity index (χ0n) is 11.9. The van der Waals surface area contributed by atoms with Gasteiger partial charge in [0.05, 0.1) is 6.10 Å².